The highest BCUT2D eigenvalue weighted by molar-refractivity contribution is 6.23. The average molecular weight is 629 g/mol. The number of para-hydroxylation sites is 2. The summed E-state index contributed by atoms with van der Waals surface area (Å²) in [5.41, 5.74) is 11.4. The molecule has 2 aromatic heterocycles. The van der Waals surface area contributed by atoms with Crippen LogP contribution in [0.2, 0.25) is 0 Å². The first-order chi connectivity index (χ1) is 24.3. The zero-order valence-corrected chi connectivity index (χ0v) is 26.6. The van der Waals surface area contributed by atoms with Crippen LogP contribution in [-0.2, 0) is 0 Å². The Kier molecular flexibility index (Phi) is 6.18. The lowest BCUT2D eigenvalue weighted by molar-refractivity contribution is 0.401. The Morgan fingerprint density at radius 3 is 1.92 bits per heavy atom. The van der Waals surface area contributed by atoms with Crippen molar-refractivity contribution in [3.05, 3.63) is 187 Å². The molecule has 0 N–H and O–H groups in total. The van der Waals surface area contributed by atoms with Crippen molar-refractivity contribution in [3.8, 4) is 27.9 Å². The Labute approximate surface area is 284 Å². The first-order valence-electron chi connectivity index (χ1n) is 16.6. The maximum atomic E-state index is 5.40. The van der Waals surface area contributed by atoms with Gasteiger partial charge in [0.15, 0.2) is 0 Å². The van der Waals surface area contributed by atoms with E-state index in [0.717, 1.165) is 38.8 Å². The van der Waals surface area contributed by atoms with E-state index in [0.29, 0.717) is 5.96 Å². The van der Waals surface area contributed by atoms with E-state index in [2.05, 4.69) is 179 Å². The van der Waals surface area contributed by atoms with E-state index in [1.807, 2.05) is 11.2 Å². The van der Waals surface area contributed by atoms with Crippen LogP contribution in [0.25, 0.3) is 71.5 Å². The quantitative estimate of drug-likeness (QED) is 0.191. The number of allylic oxidation sites excluding steroid dienone is 2. The summed E-state index contributed by atoms with van der Waals surface area (Å²) >= 11 is 0. The fraction of sp³-hybridized carbons (Fsp3) is 0.0227. The maximum Gasteiger partial charge on any atom is 0.0988 e. The van der Waals surface area contributed by atoms with Gasteiger partial charge in [0, 0.05) is 34.9 Å². The number of benzene rings is 6. The molecule has 5 nitrogen and oxygen atoms in total. The SMILES string of the molecule is C1=CN2N=C(n3c4ccccc4c4ccc5c(ccn5-c5ccccc5)c43)[N-]C2C(c2cc(-c3ccccc3)cc(-c3ccccc3)c2)=C1. The Hall–Kier alpha value is -6.59. The first kappa shape index (κ1) is 27.5. The van der Waals surface area contributed by atoms with Crippen LogP contribution in [0.1, 0.15) is 5.56 Å². The normalized spacial score (nSPS) is 15.4. The van der Waals surface area contributed by atoms with Gasteiger partial charge in [-0.25, -0.2) is 0 Å². The third-order valence-corrected chi connectivity index (χ3v) is 9.70. The van der Waals surface area contributed by atoms with Gasteiger partial charge in [0.2, 0.25) is 0 Å². The molecule has 0 radical (unpaired) electrons. The summed E-state index contributed by atoms with van der Waals surface area (Å²) in [7, 11) is 0. The lowest BCUT2D eigenvalue weighted by atomic mass is 9.91. The Morgan fingerprint density at radius 1 is 0.531 bits per heavy atom. The predicted molar refractivity (Wildman–Crippen MR) is 203 cm³/mol. The highest BCUT2D eigenvalue weighted by atomic mass is 15.6. The molecule has 0 fully saturated rings. The molecule has 2 aliphatic heterocycles. The average Bonchev–Trinajstić information content (AvgIpc) is 3.89. The van der Waals surface area contributed by atoms with Gasteiger partial charge >= 0.3 is 0 Å². The number of hydrogen-bond acceptors (Lipinski definition) is 2. The fourth-order valence-electron chi connectivity index (χ4n) is 7.43. The second kappa shape index (κ2) is 11.0. The molecule has 0 saturated heterocycles. The molecular weight excluding hydrogens is 599 g/mol. The van der Waals surface area contributed by atoms with Crippen LogP contribution in [-0.4, -0.2) is 26.3 Å². The summed E-state index contributed by atoms with van der Waals surface area (Å²) in [6, 6.07) is 53.8. The predicted octanol–water partition coefficient (Wildman–Crippen LogP) is 10.8. The zero-order valence-electron chi connectivity index (χ0n) is 26.6. The van der Waals surface area contributed by atoms with Crippen LogP contribution in [0.15, 0.2) is 181 Å². The van der Waals surface area contributed by atoms with Crippen molar-refractivity contribution in [1.82, 2.24) is 14.1 Å². The lowest BCUT2D eigenvalue weighted by Crippen LogP contribution is -2.24. The first-order valence-corrected chi connectivity index (χ1v) is 16.6. The van der Waals surface area contributed by atoms with Crippen molar-refractivity contribution in [2.24, 2.45) is 5.10 Å². The van der Waals surface area contributed by atoms with Gasteiger partial charge in [-0.1, -0.05) is 115 Å². The maximum absolute atomic E-state index is 5.40. The molecule has 1 atom stereocenters. The van der Waals surface area contributed by atoms with Gasteiger partial charge in [-0.2, -0.15) is 0 Å². The van der Waals surface area contributed by atoms with Gasteiger partial charge in [-0.15, -0.1) is 0 Å². The summed E-state index contributed by atoms with van der Waals surface area (Å²) in [4.78, 5) is 0. The van der Waals surface area contributed by atoms with Crippen LogP contribution in [0, 0.1) is 0 Å². The van der Waals surface area contributed by atoms with E-state index in [9.17, 15) is 0 Å². The molecule has 4 heterocycles. The molecule has 0 bridgehead atoms. The Bertz CT molecular complexity index is 2570. The van der Waals surface area contributed by atoms with Gasteiger partial charge in [0.25, 0.3) is 0 Å². The van der Waals surface area contributed by atoms with Crippen LogP contribution < -0.4 is 0 Å². The van der Waals surface area contributed by atoms with Gasteiger partial charge in [-0.3, -0.25) is 5.10 Å². The summed E-state index contributed by atoms with van der Waals surface area (Å²) in [5.74, 6) is 0.677. The molecule has 8 aromatic rings. The molecule has 5 heteroatoms. The number of rotatable bonds is 4. The van der Waals surface area contributed by atoms with Crippen molar-refractivity contribution < 1.29 is 0 Å². The van der Waals surface area contributed by atoms with Crippen molar-refractivity contribution in [1.29, 1.82) is 0 Å². The molecule has 232 valence electrons. The molecule has 0 spiro atoms. The highest BCUT2D eigenvalue weighted by Crippen LogP contribution is 2.41. The van der Waals surface area contributed by atoms with Gasteiger partial charge in [0.1, 0.15) is 0 Å². The number of nitrogens with zero attached hydrogens (tertiary/aromatic N) is 5. The Balaban J connectivity index is 1.11. The van der Waals surface area contributed by atoms with E-state index < -0.39 is 0 Å². The molecule has 2 aliphatic rings. The molecule has 0 aliphatic carbocycles. The van der Waals surface area contributed by atoms with E-state index in [1.165, 1.54) is 33.0 Å². The van der Waals surface area contributed by atoms with Crippen molar-refractivity contribution in [3.63, 3.8) is 0 Å². The summed E-state index contributed by atoms with van der Waals surface area (Å²) in [5, 5.41) is 16.1. The summed E-state index contributed by atoms with van der Waals surface area (Å²) in [6.45, 7) is 0. The molecule has 10 rings (SSSR count). The number of hydrazone groups is 1. The van der Waals surface area contributed by atoms with Gasteiger partial charge in [-0.05, 0) is 98.2 Å². The van der Waals surface area contributed by atoms with Crippen molar-refractivity contribution in [2.75, 3.05) is 0 Å². The molecule has 1 unspecified atom stereocenters. The van der Waals surface area contributed by atoms with Crippen molar-refractivity contribution >= 4 is 44.2 Å². The van der Waals surface area contributed by atoms with E-state index in [4.69, 9.17) is 10.4 Å². The fourth-order valence-corrected chi connectivity index (χ4v) is 7.43. The molecule has 0 saturated carbocycles. The van der Waals surface area contributed by atoms with E-state index in [-0.39, 0.29) is 6.17 Å². The van der Waals surface area contributed by atoms with Crippen LogP contribution in [0.3, 0.4) is 0 Å². The van der Waals surface area contributed by atoms with Gasteiger partial charge < -0.3 is 19.5 Å². The van der Waals surface area contributed by atoms with E-state index >= 15 is 0 Å². The number of fused-ring (bicyclic) bond motifs is 6. The third-order valence-electron chi connectivity index (χ3n) is 9.70. The lowest BCUT2D eigenvalue weighted by Gasteiger charge is -2.30. The topological polar surface area (TPSA) is 39.6 Å². The van der Waals surface area contributed by atoms with Crippen LogP contribution in [0.5, 0.6) is 0 Å². The van der Waals surface area contributed by atoms with Crippen molar-refractivity contribution in [2.45, 2.75) is 6.17 Å². The number of hydrogen-bond donors (Lipinski definition) is 0. The summed E-state index contributed by atoms with van der Waals surface area (Å²) in [6.07, 6.45) is 8.16. The monoisotopic (exact) mass is 628 g/mol. The van der Waals surface area contributed by atoms with Gasteiger partial charge in [0.05, 0.1) is 11.7 Å². The highest BCUT2D eigenvalue weighted by Gasteiger charge is 2.27. The molecule has 6 aromatic carbocycles. The van der Waals surface area contributed by atoms with E-state index in [1.54, 1.807) is 0 Å². The molecule has 49 heavy (non-hydrogen) atoms. The minimum atomic E-state index is -0.293. The minimum Gasteiger partial charge on any atom is -0.365 e. The second-order valence-electron chi connectivity index (χ2n) is 12.5. The van der Waals surface area contributed by atoms with Crippen LogP contribution in [0.4, 0.5) is 0 Å². The minimum absolute atomic E-state index is 0.293. The number of aromatic nitrogens is 2. The molecular formula is C44H30N5-. The summed E-state index contributed by atoms with van der Waals surface area (Å²) < 4.78 is 4.50. The van der Waals surface area contributed by atoms with Crippen LogP contribution >= 0.6 is 0 Å². The third kappa shape index (κ3) is 4.44. The smallest absolute Gasteiger partial charge is 0.0988 e. The molecule has 0 amide bonds. The second-order valence-corrected chi connectivity index (χ2v) is 12.5. The standard InChI is InChI=1S/C44H30N5/c1-4-13-30(14-5-1)32-27-33(31-15-6-2-7-16-31)29-34(28-32)36-20-12-25-48-43(36)45-44(46-48)49-41-21-11-10-19-37(41)38-22-23-40-39(42(38)49)24-26-47(40)35-17-8-3-9-18-35/h1-29,43H/q-1. The largest absolute Gasteiger partial charge is 0.365 e. The zero-order chi connectivity index (χ0) is 32.3. The Morgan fingerprint density at radius 2 is 1.18 bits per heavy atom.